The maximum absolute atomic E-state index is 13.7. The molecule has 29 heavy (non-hydrogen) atoms. The summed E-state index contributed by atoms with van der Waals surface area (Å²) in [6.45, 7) is 3.96. The first-order chi connectivity index (χ1) is 14.0. The molecule has 5 heteroatoms. The second-order valence-electron chi connectivity index (χ2n) is 7.22. The van der Waals surface area contributed by atoms with Crippen molar-refractivity contribution in [1.29, 1.82) is 0 Å². The normalized spacial score (nSPS) is 17.0. The van der Waals surface area contributed by atoms with E-state index < -0.39 is 6.04 Å². The van der Waals surface area contributed by atoms with Crippen molar-refractivity contribution in [2.45, 2.75) is 19.9 Å². The Bertz CT molecular complexity index is 1040. The monoisotopic (exact) mass is 448 g/mol. The summed E-state index contributed by atoms with van der Waals surface area (Å²) in [5.74, 6) is -0.209. The lowest BCUT2D eigenvalue weighted by molar-refractivity contribution is -0.128. The molecule has 1 aliphatic rings. The molecule has 4 rings (SSSR count). The van der Waals surface area contributed by atoms with Crippen LogP contribution in [0.3, 0.4) is 0 Å². The fraction of sp³-hybridized carbons (Fsp3) is 0.167. The molecule has 2 amide bonds. The summed E-state index contributed by atoms with van der Waals surface area (Å²) in [5.41, 5.74) is 4.29. The first-order valence-electron chi connectivity index (χ1n) is 9.47. The average molecular weight is 449 g/mol. The molecule has 0 N–H and O–H groups in total. The van der Waals surface area contributed by atoms with Crippen LogP contribution in [0.4, 0.5) is 11.4 Å². The minimum absolute atomic E-state index is 0.0178. The van der Waals surface area contributed by atoms with Gasteiger partial charge in [-0.2, -0.15) is 0 Å². The summed E-state index contributed by atoms with van der Waals surface area (Å²) in [6.07, 6.45) is 0. The second-order valence-corrected chi connectivity index (χ2v) is 8.13. The van der Waals surface area contributed by atoms with Crippen molar-refractivity contribution in [3.63, 3.8) is 0 Å². The van der Waals surface area contributed by atoms with Gasteiger partial charge in [-0.15, -0.1) is 0 Å². The van der Waals surface area contributed by atoms with Gasteiger partial charge in [0.25, 0.3) is 5.91 Å². The van der Waals surface area contributed by atoms with Crippen LogP contribution < -0.4 is 9.80 Å². The number of carbonyl (C=O) groups excluding carboxylic acids is 2. The van der Waals surface area contributed by atoms with Gasteiger partial charge in [-0.05, 0) is 54.8 Å². The van der Waals surface area contributed by atoms with Crippen LogP contribution >= 0.6 is 15.9 Å². The van der Waals surface area contributed by atoms with Crippen molar-refractivity contribution in [3.05, 3.63) is 94.0 Å². The van der Waals surface area contributed by atoms with Gasteiger partial charge < -0.3 is 4.90 Å². The van der Waals surface area contributed by atoms with Gasteiger partial charge in [-0.3, -0.25) is 14.5 Å². The van der Waals surface area contributed by atoms with Gasteiger partial charge in [0.05, 0.1) is 5.69 Å². The molecule has 4 nitrogen and oxygen atoms in total. The molecular weight excluding hydrogens is 428 g/mol. The third-order valence-electron chi connectivity index (χ3n) is 5.25. The first kappa shape index (κ1) is 19.4. The Hall–Kier alpha value is -2.92. The molecule has 0 spiro atoms. The molecule has 0 aromatic heterocycles. The largest absolute Gasteiger partial charge is 0.300 e. The van der Waals surface area contributed by atoms with Gasteiger partial charge in [-0.25, -0.2) is 0 Å². The quantitative estimate of drug-likeness (QED) is 0.553. The van der Waals surface area contributed by atoms with Crippen LogP contribution in [-0.2, 0) is 9.59 Å². The van der Waals surface area contributed by atoms with Gasteiger partial charge in [0, 0.05) is 10.2 Å². The molecule has 146 valence electrons. The van der Waals surface area contributed by atoms with E-state index in [9.17, 15) is 9.59 Å². The maximum Gasteiger partial charge on any atom is 0.255 e. The van der Waals surface area contributed by atoms with Gasteiger partial charge in [0.1, 0.15) is 12.6 Å². The van der Waals surface area contributed by atoms with E-state index in [1.54, 1.807) is 9.80 Å². The molecule has 0 radical (unpaired) electrons. The smallest absolute Gasteiger partial charge is 0.255 e. The van der Waals surface area contributed by atoms with Crippen molar-refractivity contribution in [2.24, 2.45) is 0 Å². The topological polar surface area (TPSA) is 40.6 Å². The fourth-order valence-electron chi connectivity index (χ4n) is 3.93. The second kappa shape index (κ2) is 7.84. The van der Waals surface area contributed by atoms with Crippen LogP contribution in [0.25, 0.3) is 0 Å². The van der Waals surface area contributed by atoms with E-state index in [1.807, 2.05) is 86.6 Å². The average Bonchev–Trinajstić information content (AvgIpc) is 2.71. The van der Waals surface area contributed by atoms with E-state index in [2.05, 4.69) is 15.9 Å². The molecule has 0 bridgehead atoms. The van der Waals surface area contributed by atoms with Crippen molar-refractivity contribution < 1.29 is 9.59 Å². The first-order valence-corrected chi connectivity index (χ1v) is 10.3. The fourth-order valence-corrected chi connectivity index (χ4v) is 4.20. The molecule has 1 saturated heterocycles. The Morgan fingerprint density at radius 2 is 1.45 bits per heavy atom. The number of hydrogen-bond donors (Lipinski definition) is 0. The summed E-state index contributed by atoms with van der Waals surface area (Å²) in [4.78, 5) is 30.3. The number of hydrogen-bond acceptors (Lipinski definition) is 2. The number of para-hydroxylation sites is 1. The highest BCUT2D eigenvalue weighted by atomic mass is 79.9. The van der Waals surface area contributed by atoms with E-state index in [1.165, 1.54) is 0 Å². The molecule has 1 fully saturated rings. The number of rotatable bonds is 3. The number of aryl methyl sites for hydroxylation is 2. The molecule has 0 saturated carbocycles. The van der Waals surface area contributed by atoms with Gasteiger partial charge >= 0.3 is 0 Å². The maximum atomic E-state index is 13.7. The highest BCUT2D eigenvalue weighted by Crippen LogP contribution is 2.36. The van der Waals surface area contributed by atoms with Gasteiger partial charge in [0.15, 0.2) is 0 Å². The zero-order chi connectivity index (χ0) is 20.5. The Kier molecular flexibility index (Phi) is 5.24. The number of halogens is 1. The lowest BCUT2D eigenvalue weighted by Crippen LogP contribution is -2.56. The Morgan fingerprint density at radius 3 is 2.07 bits per heavy atom. The zero-order valence-electron chi connectivity index (χ0n) is 16.3. The third-order valence-corrected chi connectivity index (χ3v) is 5.78. The lowest BCUT2D eigenvalue weighted by Gasteiger charge is -2.41. The summed E-state index contributed by atoms with van der Waals surface area (Å²) in [5, 5.41) is 0. The number of amides is 2. The predicted molar refractivity (Wildman–Crippen MR) is 119 cm³/mol. The molecule has 1 unspecified atom stereocenters. The Balaban J connectivity index is 1.84. The summed E-state index contributed by atoms with van der Waals surface area (Å²) in [6, 6.07) is 22.2. The Labute approximate surface area is 178 Å². The highest BCUT2D eigenvalue weighted by molar-refractivity contribution is 9.10. The number of anilines is 2. The molecule has 3 aromatic rings. The van der Waals surface area contributed by atoms with Crippen molar-refractivity contribution in [1.82, 2.24) is 0 Å². The van der Waals surface area contributed by atoms with E-state index in [0.717, 1.165) is 26.9 Å². The minimum atomic E-state index is -0.711. The van der Waals surface area contributed by atoms with E-state index in [-0.39, 0.29) is 18.4 Å². The van der Waals surface area contributed by atoms with Crippen LogP contribution in [-0.4, -0.2) is 18.4 Å². The highest BCUT2D eigenvalue weighted by Gasteiger charge is 2.42. The molecule has 0 aliphatic carbocycles. The van der Waals surface area contributed by atoms with E-state index >= 15 is 0 Å². The lowest BCUT2D eigenvalue weighted by atomic mass is 9.98. The van der Waals surface area contributed by atoms with Crippen LogP contribution in [0.15, 0.2) is 77.3 Å². The minimum Gasteiger partial charge on any atom is -0.300 e. The Morgan fingerprint density at radius 1 is 0.828 bits per heavy atom. The third kappa shape index (κ3) is 3.58. The molecule has 1 atom stereocenters. The van der Waals surface area contributed by atoms with Crippen LogP contribution in [0.5, 0.6) is 0 Å². The van der Waals surface area contributed by atoms with Gasteiger partial charge in [-0.1, -0.05) is 64.5 Å². The number of benzene rings is 3. The van der Waals surface area contributed by atoms with E-state index in [4.69, 9.17) is 0 Å². The number of piperazine rings is 1. The number of carbonyl (C=O) groups is 2. The summed E-state index contributed by atoms with van der Waals surface area (Å²) in [7, 11) is 0. The summed E-state index contributed by atoms with van der Waals surface area (Å²) >= 11 is 3.43. The predicted octanol–water partition coefficient (Wildman–Crippen LogP) is 5.19. The standard InChI is InChI=1S/C24H21BrN2O2/c1-16-7-6-8-17(2)22(16)26-15-21(28)27(20-13-11-19(25)12-14-20)23(24(26)29)18-9-4-3-5-10-18/h3-14,23H,15H2,1-2H3. The van der Waals surface area contributed by atoms with E-state index in [0.29, 0.717) is 5.69 Å². The van der Waals surface area contributed by atoms with Crippen molar-refractivity contribution in [2.75, 3.05) is 16.3 Å². The van der Waals surface area contributed by atoms with Gasteiger partial charge in [0.2, 0.25) is 5.91 Å². The molecule has 1 aliphatic heterocycles. The van der Waals surface area contributed by atoms with Crippen LogP contribution in [0.2, 0.25) is 0 Å². The molecule has 1 heterocycles. The van der Waals surface area contributed by atoms with Crippen molar-refractivity contribution >= 4 is 39.1 Å². The van der Waals surface area contributed by atoms with Crippen LogP contribution in [0.1, 0.15) is 22.7 Å². The van der Waals surface area contributed by atoms with Crippen LogP contribution in [0, 0.1) is 13.8 Å². The van der Waals surface area contributed by atoms with Crippen molar-refractivity contribution in [3.8, 4) is 0 Å². The summed E-state index contributed by atoms with van der Waals surface area (Å²) < 4.78 is 0.922. The number of nitrogens with zero attached hydrogens (tertiary/aromatic N) is 2. The molecular formula is C24H21BrN2O2. The molecule has 3 aromatic carbocycles. The SMILES string of the molecule is Cc1cccc(C)c1N1CC(=O)N(c2ccc(Br)cc2)C(c2ccccc2)C1=O. The zero-order valence-corrected chi connectivity index (χ0v) is 17.9.